The summed E-state index contributed by atoms with van der Waals surface area (Å²) in [6.45, 7) is 3.16. The van der Waals surface area contributed by atoms with E-state index in [-0.39, 0.29) is 42.2 Å². The molecule has 11 heteroatoms. The Bertz CT molecular complexity index is 1060. The number of carbonyl (C=O) groups excluding carboxylic acids is 1. The van der Waals surface area contributed by atoms with Gasteiger partial charge in [-0.25, -0.2) is 14.4 Å². The van der Waals surface area contributed by atoms with Gasteiger partial charge in [-0.2, -0.15) is 0 Å². The number of hydrogen-bond donors (Lipinski definition) is 1. The number of nitrogens with zero attached hydrogens (tertiary/aromatic N) is 3. The molecule has 182 valence electrons. The Labute approximate surface area is 196 Å². The quantitative estimate of drug-likeness (QED) is 0.616. The first-order valence-corrected chi connectivity index (χ1v) is 10.9. The molecule has 34 heavy (non-hydrogen) atoms. The van der Waals surface area contributed by atoms with Gasteiger partial charge in [0, 0.05) is 20.1 Å². The molecule has 1 saturated heterocycles. The molecule has 1 fully saturated rings. The lowest BCUT2D eigenvalue weighted by Crippen LogP contribution is -2.44. The molecule has 3 heterocycles. The van der Waals surface area contributed by atoms with Gasteiger partial charge in [-0.1, -0.05) is 11.2 Å². The van der Waals surface area contributed by atoms with Crippen LogP contribution in [-0.4, -0.2) is 73.9 Å². The molecule has 1 aromatic heterocycles. The summed E-state index contributed by atoms with van der Waals surface area (Å²) in [6.07, 6.45) is -0.188. The minimum atomic E-state index is -0.466. The lowest BCUT2D eigenvalue weighted by molar-refractivity contribution is -0.181. The third kappa shape index (κ3) is 5.66. The molecule has 1 unspecified atom stereocenters. The zero-order valence-electron chi connectivity index (χ0n) is 19.2. The second-order valence-electron chi connectivity index (χ2n) is 8.01. The fraction of sp³-hybridized carbons (Fsp3) is 0.478. The van der Waals surface area contributed by atoms with Crippen LogP contribution >= 0.6 is 0 Å². The number of methoxy groups -OCH3 is 2. The van der Waals surface area contributed by atoms with Crippen LogP contribution < -0.4 is 10.1 Å². The van der Waals surface area contributed by atoms with Gasteiger partial charge in [0.1, 0.15) is 29.4 Å². The van der Waals surface area contributed by atoms with Crippen molar-refractivity contribution in [3.05, 3.63) is 52.9 Å². The Hall–Kier alpha value is -3.15. The van der Waals surface area contributed by atoms with Crippen molar-refractivity contribution in [2.45, 2.75) is 38.2 Å². The molecule has 10 nitrogen and oxygen atoms in total. The van der Waals surface area contributed by atoms with Gasteiger partial charge in [0.25, 0.3) is 5.91 Å². The molecule has 3 atom stereocenters. The molecular weight excluding hydrogens is 447 g/mol. The molecule has 0 spiro atoms. The lowest BCUT2D eigenvalue weighted by atomic mass is 10.0. The van der Waals surface area contributed by atoms with Crippen LogP contribution in [0.5, 0.6) is 5.75 Å². The monoisotopic (exact) mass is 474 g/mol. The molecule has 1 amide bonds. The van der Waals surface area contributed by atoms with Crippen LogP contribution in [0.2, 0.25) is 0 Å². The first-order chi connectivity index (χ1) is 16.5. The van der Waals surface area contributed by atoms with Crippen molar-refractivity contribution >= 4 is 11.6 Å². The largest absolute Gasteiger partial charge is 0.494 e. The number of rotatable bonds is 8. The summed E-state index contributed by atoms with van der Waals surface area (Å²) in [6, 6.07) is 5.98. The fourth-order valence-corrected chi connectivity index (χ4v) is 3.72. The average Bonchev–Trinajstić information content (AvgIpc) is 3.34. The lowest BCUT2D eigenvalue weighted by Gasteiger charge is -2.31. The molecule has 0 bridgehead atoms. The highest BCUT2D eigenvalue weighted by molar-refractivity contribution is 6.02. The van der Waals surface area contributed by atoms with Crippen LogP contribution in [0.4, 0.5) is 4.39 Å². The predicted molar refractivity (Wildman–Crippen MR) is 118 cm³/mol. The van der Waals surface area contributed by atoms with Crippen molar-refractivity contribution in [1.29, 1.82) is 0 Å². The van der Waals surface area contributed by atoms with E-state index >= 15 is 0 Å². The Morgan fingerprint density at radius 1 is 1.18 bits per heavy atom. The minimum absolute atomic E-state index is 0.0929. The van der Waals surface area contributed by atoms with E-state index in [0.29, 0.717) is 49.0 Å². The summed E-state index contributed by atoms with van der Waals surface area (Å²) in [4.78, 5) is 27.0. The van der Waals surface area contributed by atoms with E-state index in [2.05, 4.69) is 20.4 Å². The zero-order chi connectivity index (χ0) is 24.1. The van der Waals surface area contributed by atoms with Crippen LogP contribution in [0, 0.1) is 12.7 Å². The number of amides is 1. The summed E-state index contributed by atoms with van der Waals surface area (Å²) in [7, 11) is 3.01. The van der Waals surface area contributed by atoms with E-state index in [1.54, 1.807) is 26.2 Å². The van der Waals surface area contributed by atoms with Crippen molar-refractivity contribution in [3.63, 3.8) is 0 Å². The van der Waals surface area contributed by atoms with E-state index in [4.69, 9.17) is 23.8 Å². The molecule has 0 aliphatic carbocycles. The Morgan fingerprint density at radius 2 is 2.03 bits per heavy atom. The maximum atomic E-state index is 13.6. The minimum Gasteiger partial charge on any atom is -0.494 e. The number of hydrogen-bond acceptors (Lipinski definition) is 9. The van der Waals surface area contributed by atoms with Gasteiger partial charge in [-0.05, 0) is 30.7 Å². The first-order valence-electron chi connectivity index (χ1n) is 10.9. The molecule has 1 N–H and O–H groups in total. The third-order valence-corrected chi connectivity index (χ3v) is 5.49. The number of nitrogens with one attached hydrogen (secondary N) is 1. The van der Waals surface area contributed by atoms with Crippen molar-refractivity contribution in [2.24, 2.45) is 5.16 Å². The summed E-state index contributed by atoms with van der Waals surface area (Å²) in [5, 5.41) is 6.95. The molecular formula is C23H27FN4O6. The SMILES string of the molecule is COC[C@@H]1CO[C@@H](C2CC(c3cc(C(=O)NCc4ccc(F)c(OC)c4)nc(C)n3)=NO2)CO1. The van der Waals surface area contributed by atoms with Crippen LogP contribution in [0.1, 0.15) is 34.0 Å². The van der Waals surface area contributed by atoms with E-state index in [9.17, 15) is 9.18 Å². The number of ether oxygens (including phenoxy) is 4. The Morgan fingerprint density at radius 3 is 2.76 bits per heavy atom. The molecule has 1 aromatic carbocycles. The first kappa shape index (κ1) is 24.0. The standard InChI is InChI=1S/C23H27FN4O6/c1-13-26-17(18-8-21(34-28-18)22-12-32-15(10-30-2)11-33-22)7-19(27-13)23(29)25-9-14-4-5-16(24)20(6-14)31-3/h4-7,15,21-22H,8-12H2,1-3H3,(H,25,29)/t15-,21?,22-/m1/s1. The van der Waals surface area contributed by atoms with Gasteiger partial charge < -0.3 is 29.1 Å². The third-order valence-electron chi connectivity index (χ3n) is 5.49. The van der Waals surface area contributed by atoms with Gasteiger partial charge in [-0.3, -0.25) is 4.79 Å². The number of benzene rings is 1. The Balaban J connectivity index is 1.37. The molecule has 0 radical (unpaired) electrons. The number of aromatic nitrogens is 2. The van der Waals surface area contributed by atoms with Gasteiger partial charge >= 0.3 is 0 Å². The summed E-state index contributed by atoms with van der Waals surface area (Å²) in [5.41, 5.74) is 2.01. The fourth-order valence-electron chi connectivity index (χ4n) is 3.72. The van der Waals surface area contributed by atoms with Gasteiger partial charge in [-0.15, -0.1) is 0 Å². The van der Waals surface area contributed by atoms with Crippen molar-refractivity contribution in [1.82, 2.24) is 15.3 Å². The molecule has 4 rings (SSSR count). The van der Waals surface area contributed by atoms with Crippen LogP contribution in [0.25, 0.3) is 0 Å². The van der Waals surface area contributed by atoms with E-state index in [1.165, 1.54) is 19.2 Å². The molecule has 2 aliphatic heterocycles. The van der Waals surface area contributed by atoms with Crippen LogP contribution in [-0.2, 0) is 25.6 Å². The number of oxime groups is 1. The van der Waals surface area contributed by atoms with E-state index < -0.39 is 5.82 Å². The second-order valence-corrected chi connectivity index (χ2v) is 8.01. The predicted octanol–water partition coefficient (Wildman–Crippen LogP) is 1.79. The summed E-state index contributed by atoms with van der Waals surface area (Å²) < 4.78 is 35.3. The van der Waals surface area contributed by atoms with Crippen molar-refractivity contribution in [2.75, 3.05) is 34.0 Å². The highest BCUT2D eigenvalue weighted by atomic mass is 19.1. The van der Waals surface area contributed by atoms with Crippen LogP contribution in [0.15, 0.2) is 29.4 Å². The Kier molecular flexibility index (Phi) is 7.66. The van der Waals surface area contributed by atoms with Gasteiger partial charge in [0.15, 0.2) is 17.7 Å². The summed E-state index contributed by atoms with van der Waals surface area (Å²) >= 11 is 0. The molecule has 0 saturated carbocycles. The van der Waals surface area contributed by atoms with Crippen molar-refractivity contribution < 1.29 is 33.0 Å². The van der Waals surface area contributed by atoms with Crippen LogP contribution in [0.3, 0.4) is 0 Å². The maximum absolute atomic E-state index is 13.6. The topological polar surface area (TPSA) is 113 Å². The number of halogens is 1. The summed E-state index contributed by atoms with van der Waals surface area (Å²) in [5.74, 6) is -0.315. The maximum Gasteiger partial charge on any atom is 0.270 e. The normalized spacial score (nSPS) is 22.1. The van der Waals surface area contributed by atoms with Crippen molar-refractivity contribution in [3.8, 4) is 5.75 Å². The highest BCUT2D eigenvalue weighted by Gasteiger charge is 2.35. The van der Waals surface area contributed by atoms with Gasteiger partial charge in [0.2, 0.25) is 0 Å². The van der Waals surface area contributed by atoms with E-state index in [0.717, 1.165) is 0 Å². The molecule has 2 aromatic rings. The van der Waals surface area contributed by atoms with E-state index in [1.807, 2.05) is 0 Å². The number of aryl methyl sites for hydroxylation is 1. The highest BCUT2D eigenvalue weighted by Crippen LogP contribution is 2.23. The second kappa shape index (κ2) is 10.9. The van der Waals surface area contributed by atoms with Gasteiger partial charge in [0.05, 0.1) is 32.6 Å². The average molecular weight is 474 g/mol. The number of carbonyl (C=O) groups is 1. The molecule has 2 aliphatic rings. The zero-order valence-corrected chi connectivity index (χ0v) is 19.2. The smallest absolute Gasteiger partial charge is 0.270 e.